The molecule has 0 atom stereocenters. The first-order chi connectivity index (χ1) is 11.2. The summed E-state index contributed by atoms with van der Waals surface area (Å²) in [5, 5.41) is 5.27. The first-order valence-corrected chi connectivity index (χ1v) is 7.40. The smallest absolute Gasteiger partial charge is 0.180 e. The lowest BCUT2D eigenvalue weighted by atomic mass is 10.1. The fourth-order valence-corrected chi connectivity index (χ4v) is 2.35. The van der Waals surface area contributed by atoms with E-state index in [0.717, 1.165) is 22.2 Å². The van der Waals surface area contributed by atoms with Gasteiger partial charge < -0.3 is 10.1 Å². The summed E-state index contributed by atoms with van der Waals surface area (Å²) in [6.45, 7) is 1.82. The molecular formula is C18H17N3O2. The first-order valence-electron chi connectivity index (χ1n) is 7.40. The van der Waals surface area contributed by atoms with Crippen molar-refractivity contribution in [3.63, 3.8) is 0 Å². The number of hydrogen-bond donors (Lipinski definition) is 1. The van der Waals surface area contributed by atoms with Crippen LogP contribution in [0.1, 0.15) is 23.8 Å². The molecule has 3 aromatic rings. The number of nitrogens with one attached hydrogen (secondary N) is 1. The number of anilines is 2. The molecule has 1 aromatic carbocycles. The number of carbonyl (C=O) groups is 1. The van der Waals surface area contributed by atoms with Gasteiger partial charge in [-0.15, -0.1) is 0 Å². The predicted octanol–water partition coefficient (Wildman–Crippen LogP) is 3.97. The lowest BCUT2D eigenvalue weighted by Gasteiger charge is -2.10. The quantitative estimate of drug-likeness (QED) is 0.722. The molecular weight excluding hydrogens is 290 g/mol. The van der Waals surface area contributed by atoms with Gasteiger partial charge in [0.25, 0.3) is 0 Å². The number of fused-ring (bicyclic) bond motifs is 1. The number of ketones is 1. The number of methoxy groups -OCH3 is 1. The number of carbonyl (C=O) groups excluding carboxylic acids is 1. The van der Waals surface area contributed by atoms with Crippen LogP contribution in [0.25, 0.3) is 10.8 Å². The molecule has 0 spiro atoms. The van der Waals surface area contributed by atoms with Gasteiger partial charge in [0.2, 0.25) is 0 Å². The van der Waals surface area contributed by atoms with Crippen LogP contribution in [0.2, 0.25) is 0 Å². The Balaban J connectivity index is 2.00. The van der Waals surface area contributed by atoms with E-state index in [1.807, 2.05) is 37.3 Å². The van der Waals surface area contributed by atoms with E-state index >= 15 is 0 Å². The molecule has 2 aromatic heterocycles. The maximum absolute atomic E-state index is 11.8. The number of pyridine rings is 2. The van der Waals surface area contributed by atoms with Crippen LogP contribution in [0.3, 0.4) is 0 Å². The van der Waals surface area contributed by atoms with Crippen molar-refractivity contribution in [1.82, 2.24) is 9.97 Å². The van der Waals surface area contributed by atoms with Crippen molar-refractivity contribution in [2.24, 2.45) is 0 Å². The van der Waals surface area contributed by atoms with Gasteiger partial charge in [0.05, 0.1) is 7.11 Å². The summed E-state index contributed by atoms with van der Waals surface area (Å²) in [5.41, 5.74) is 1.23. The second kappa shape index (κ2) is 6.44. The topological polar surface area (TPSA) is 64.1 Å². The zero-order valence-corrected chi connectivity index (χ0v) is 13.0. The summed E-state index contributed by atoms with van der Waals surface area (Å²) in [5.74, 6) is 1.49. The van der Waals surface area contributed by atoms with E-state index in [9.17, 15) is 4.79 Å². The van der Waals surface area contributed by atoms with Crippen molar-refractivity contribution in [1.29, 1.82) is 0 Å². The molecule has 0 aliphatic rings. The van der Waals surface area contributed by atoms with E-state index in [-0.39, 0.29) is 5.78 Å². The van der Waals surface area contributed by atoms with Crippen molar-refractivity contribution < 1.29 is 9.53 Å². The molecule has 0 saturated carbocycles. The van der Waals surface area contributed by atoms with Crippen LogP contribution < -0.4 is 10.1 Å². The summed E-state index contributed by atoms with van der Waals surface area (Å²) in [4.78, 5) is 20.3. The average Bonchev–Trinajstić information content (AvgIpc) is 2.61. The lowest BCUT2D eigenvalue weighted by molar-refractivity contribution is 0.0983. The van der Waals surface area contributed by atoms with Crippen LogP contribution in [0.4, 0.5) is 11.5 Å². The number of Topliss-reactive ketones (excluding diaryl/α,β-unsaturated/α-hetero) is 1. The minimum absolute atomic E-state index is 0.0150. The Bertz CT molecular complexity index is 862. The highest BCUT2D eigenvalue weighted by molar-refractivity contribution is 5.96. The van der Waals surface area contributed by atoms with Gasteiger partial charge in [-0.1, -0.05) is 13.0 Å². The Morgan fingerprint density at radius 2 is 1.96 bits per heavy atom. The molecule has 0 aliphatic carbocycles. The molecule has 116 valence electrons. The molecule has 0 saturated heterocycles. The maximum atomic E-state index is 11.8. The number of hydrogen-bond acceptors (Lipinski definition) is 5. The molecule has 3 rings (SSSR count). The van der Waals surface area contributed by atoms with Crippen LogP contribution in [0, 0.1) is 0 Å². The van der Waals surface area contributed by atoms with Gasteiger partial charge in [-0.25, -0.2) is 4.98 Å². The largest absolute Gasteiger partial charge is 0.497 e. The van der Waals surface area contributed by atoms with Gasteiger partial charge in [-0.05, 0) is 35.7 Å². The van der Waals surface area contributed by atoms with Gasteiger partial charge >= 0.3 is 0 Å². The monoisotopic (exact) mass is 307 g/mol. The third kappa shape index (κ3) is 3.13. The molecule has 0 fully saturated rings. The third-order valence-electron chi connectivity index (χ3n) is 3.60. The fraction of sp³-hybridized carbons (Fsp3) is 0.167. The Kier molecular flexibility index (Phi) is 4.19. The summed E-state index contributed by atoms with van der Waals surface area (Å²) in [6.07, 6.45) is 3.80. The van der Waals surface area contributed by atoms with Gasteiger partial charge in [0.1, 0.15) is 17.3 Å². The van der Waals surface area contributed by atoms with E-state index in [4.69, 9.17) is 4.74 Å². The molecule has 1 N–H and O–H groups in total. The first kappa shape index (κ1) is 15.0. The highest BCUT2D eigenvalue weighted by atomic mass is 16.5. The Labute approximate surface area is 134 Å². The summed E-state index contributed by atoms with van der Waals surface area (Å²) in [7, 11) is 1.64. The molecule has 23 heavy (non-hydrogen) atoms. The summed E-state index contributed by atoms with van der Waals surface area (Å²) >= 11 is 0. The summed E-state index contributed by atoms with van der Waals surface area (Å²) < 4.78 is 5.28. The average molecular weight is 307 g/mol. The number of ether oxygens (including phenoxy) is 1. The standard InChI is InChI=1S/C18H17N3O2/c1-3-17(22)16-10-13(7-9-19-16)21-18-15-11-14(23-2)5-4-12(15)6-8-20-18/h4-11H,3H2,1-2H3,(H,19,20,21). The lowest BCUT2D eigenvalue weighted by Crippen LogP contribution is -2.02. The second-order valence-corrected chi connectivity index (χ2v) is 5.08. The number of aromatic nitrogens is 2. The number of benzene rings is 1. The van der Waals surface area contributed by atoms with Crippen molar-refractivity contribution in [2.75, 3.05) is 12.4 Å². The van der Waals surface area contributed by atoms with Crippen molar-refractivity contribution in [2.45, 2.75) is 13.3 Å². The number of rotatable bonds is 5. The minimum atomic E-state index is 0.0150. The minimum Gasteiger partial charge on any atom is -0.497 e. The fourth-order valence-electron chi connectivity index (χ4n) is 2.35. The SMILES string of the molecule is CCC(=O)c1cc(Nc2nccc3ccc(OC)cc23)ccn1. The van der Waals surface area contributed by atoms with Gasteiger partial charge in [0, 0.05) is 29.9 Å². The molecule has 2 heterocycles. The van der Waals surface area contributed by atoms with Gasteiger partial charge in [-0.3, -0.25) is 9.78 Å². The Morgan fingerprint density at radius 3 is 2.74 bits per heavy atom. The van der Waals surface area contributed by atoms with E-state index < -0.39 is 0 Å². The second-order valence-electron chi connectivity index (χ2n) is 5.08. The third-order valence-corrected chi connectivity index (χ3v) is 3.60. The van der Waals surface area contributed by atoms with E-state index in [1.165, 1.54) is 0 Å². The summed E-state index contributed by atoms with van der Waals surface area (Å²) in [6, 6.07) is 11.3. The maximum Gasteiger partial charge on any atom is 0.180 e. The zero-order chi connectivity index (χ0) is 16.2. The van der Waals surface area contributed by atoms with Crippen LogP contribution in [-0.4, -0.2) is 22.9 Å². The van der Waals surface area contributed by atoms with E-state index in [1.54, 1.807) is 25.6 Å². The molecule has 5 nitrogen and oxygen atoms in total. The Morgan fingerprint density at radius 1 is 1.13 bits per heavy atom. The van der Waals surface area contributed by atoms with E-state index in [0.29, 0.717) is 17.9 Å². The van der Waals surface area contributed by atoms with Crippen molar-refractivity contribution in [3.05, 3.63) is 54.5 Å². The van der Waals surface area contributed by atoms with Crippen LogP contribution >= 0.6 is 0 Å². The van der Waals surface area contributed by atoms with Crippen molar-refractivity contribution in [3.8, 4) is 5.75 Å². The predicted molar refractivity (Wildman–Crippen MR) is 90.4 cm³/mol. The van der Waals surface area contributed by atoms with Gasteiger partial charge in [0.15, 0.2) is 5.78 Å². The molecule has 0 aliphatic heterocycles. The molecule has 0 radical (unpaired) electrons. The zero-order valence-electron chi connectivity index (χ0n) is 13.0. The normalized spacial score (nSPS) is 10.5. The number of nitrogens with zero attached hydrogens (tertiary/aromatic N) is 2. The highest BCUT2D eigenvalue weighted by Crippen LogP contribution is 2.27. The Hall–Kier alpha value is -2.95. The molecule has 0 bridgehead atoms. The van der Waals surface area contributed by atoms with Crippen LogP contribution in [0.15, 0.2) is 48.8 Å². The highest BCUT2D eigenvalue weighted by Gasteiger charge is 2.08. The molecule has 0 unspecified atom stereocenters. The molecule has 5 heteroatoms. The van der Waals surface area contributed by atoms with Crippen LogP contribution in [-0.2, 0) is 0 Å². The van der Waals surface area contributed by atoms with Gasteiger partial charge in [-0.2, -0.15) is 0 Å². The van der Waals surface area contributed by atoms with E-state index in [2.05, 4.69) is 15.3 Å². The van der Waals surface area contributed by atoms with Crippen LogP contribution in [0.5, 0.6) is 5.75 Å². The van der Waals surface area contributed by atoms with Crippen molar-refractivity contribution >= 4 is 28.1 Å². The molecule has 0 amide bonds.